The number of hydrogen-bond acceptors (Lipinski definition) is 8. The molecule has 0 saturated heterocycles. The zero-order chi connectivity index (χ0) is 13.2. The van der Waals surface area contributed by atoms with Crippen LogP contribution in [0, 0.1) is 0 Å². The van der Waals surface area contributed by atoms with Gasteiger partial charge in [0.2, 0.25) is 0 Å². The predicted molar refractivity (Wildman–Crippen MR) is 57.3 cm³/mol. The van der Waals surface area contributed by atoms with Crippen LogP contribution in [0.15, 0.2) is 9.72 Å². The van der Waals surface area contributed by atoms with Crippen molar-refractivity contribution in [3.8, 4) is 0 Å². The molecule has 2 rings (SSSR count). The summed E-state index contributed by atoms with van der Waals surface area (Å²) < 4.78 is 25.4. The summed E-state index contributed by atoms with van der Waals surface area (Å²) in [6.07, 6.45) is 0. The van der Waals surface area contributed by atoms with Gasteiger partial charge in [0.25, 0.3) is 10.0 Å². The summed E-state index contributed by atoms with van der Waals surface area (Å²) in [5, 5.41) is 21.3. The van der Waals surface area contributed by atoms with Crippen LogP contribution in [0.25, 0.3) is 0 Å². The van der Waals surface area contributed by atoms with Gasteiger partial charge in [-0.15, -0.1) is 21.5 Å². The molecule has 0 bridgehead atoms. The van der Waals surface area contributed by atoms with E-state index in [1.165, 1.54) is 0 Å². The highest BCUT2D eigenvalue weighted by atomic mass is 32.2. The molecule has 0 aliphatic rings. The maximum atomic E-state index is 11.8. The van der Waals surface area contributed by atoms with E-state index in [0.717, 1.165) is 5.51 Å². The fourth-order valence-electron chi connectivity index (χ4n) is 1.05. The molecule has 3 N–H and O–H groups in total. The Morgan fingerprint density at radius 3 is 2.94 bits per heavy atom. The van der Waals surface area contributed by atoms with Crippen molar-refractivity contribution in [2.24, 2.45) is 0 Å². The molecule has 0 aliphatic heterocycles. The summed E-state index contributed by atoms with van der Waals surface area (Å²) in [6, 6.07) is 0. The van der Waals surface area contributed by atoms with Crippen LogP contribution >= 0.6 is 11.3 Å². The van der Waals surface area contributed by atoms with Gasteiger partial charge in [0.1, 0.15) is 0 Å². The number of carbonyl (C=O) groups is 1. The highest BCUT2D eigenvalue weighted by molar-refractivity contribution is 7.91. The van der Waals surface area contributed by atoms with Gasteiger partial charge in [0.15, 0.2) is 15.7 Å². The standard InChI is InChI=1S/C6H6N6O4S2/c13-5(14)4-6(17-2-7-4)18(15,16)8-1-3-9-11-12-10-3/h2,8H,1H2,(H,13,14)(H,9,10,11,12). The second kappa shape index (κ2) is 4.75. The Morgan fingerprint density at radius 1 is 1.56 bits per heavy atom. The van der Waals surface area contributed by atoms with E-state index < -0.39 is 21.7 Å². The Labute approximate surface area is 104 Å². The van der Waals surface area contributed by atoms with Gasteiger partial charge in [-0.2, -0.15) is 5.21 Å². The quantitative estimate of drug-likeness (QED) is 0.623. The highest BCUT2D eigenvalue weighted by Gasteiger charge is 2.25. The van der Waals surface area contributed by atoms with Gasteiger partial charge in [-0.1, -0.05) is 5.21 Å². The van der Waals surface area contributed by atoms with Gasteiger partial charge in [0.05, 0.1) is 12.1 Å². The third kappa shape index (κ3) is 2.49. The second-order valence-electron chi connectivity index (χ2n) is 2.95. The van der Waals surface area contributed by atoms with E-state index in [1.54, 1.807) is 0 Å². The molecule has 10 nitrogen and oxygen atoms in total. The van der Waals surface area contributed by atoms with Crippen LogP contribution in [0.2, 0.25) is 0 Å². The Morgan fingerprint density at radius 2 is 2.33 bits per heavy atom. The molecule has 0 fully saturated rings. The smallest absolute Gasteiger partial charge is 0.356 e. The largest absolute Gasteiger partial charge is 0.476 e. The number of aromatic nitrogens is 5. The summed E-state index contributed by atoms with van der Waals surface area (Å²) in [5.41, 5.74) is 0.632. The first-order valence-electron chi connectivity index (χ1n) is 4.39. The van der Waals surface area contributed by atoms with Crippen LogP contribution in [0.3, 0.4) is 0 Å². The van der Waals surface area contributed by atoms with Crippen LogP contribution in [-0.2, 0) is 16.6 Å². The SMILES string of the molecule is O=C(O)c1ncsc1S(=O)(=O)NCc1nn[nH]n1. The van der Waals surface area contributed by atoms with Crippen molar-refractivity contribution < 1.29 is 18.3 Å². The number of sulfonamides is 1. The number of rotatable bonds is 5. The first-order chi connectivity index (χ1) is 8.50. The molecule has 0 spiro atoms. The molecule has 12 heteroatoms. The third-order valence-electron chi connectivity index (χ3n) is 1.79. The number of nitrogens with one attached hydrogen (secondary N) is 2. The number of aromatic carboxylic acids is 1. The lowest BCUT2D eigenvalue weighted by Gasteiger charge is -2.02. The van der Waals surface area contributed by atoms with Crippen molar-refractivity contribution in [3.63, 3.8) is 0 Å². The predicted octanol–water partition coefficient (Wildman–Crippen LogP) is -1.17. The maximum absolute atomic E-state index is 11.8. The lowest BCUT2D eigenvalue weighted by atomic mass is 10.5. The van der Waals surface area contributed by atoms with E-state index >= 15 is 0 Å². The van der Waals surface area contributed by atoms with Gasteiger partial charge >= 0.3 is 5.97 Å². The normalized spacial score (nSPS) is 11.6. The topological polar surface area (TPSA) is 151 Å². The minimum Gasteiger partial charge on any atom is -0.476 e. The van der Waals surface area contributed by atoms with Crippen molar-refractivity contribution in [1.82, 2.24) is 30.3 Å². The Hall–Kier alpha value is -1.92. The fraction of sp³-hybridized carbons (Fsp3) is 0.167. The van der Waals surface area contributed by atoms with Gasteiger partial charge < -0.3 is 5.11 Å². The van der Waals surface area contributed by atoms with Crippen molar-refractivity contribution in [2.75, 3.05) is 0 Å². The van der Waals surface area contributed by atoms with E-state index in [4.69, 9.17) is 5.11 Å². The maximum Gasteiger partial charge on any atom is 0.356 e. The van der Waals surface area contributed by atoms with E-state index in [9.17, 15) is 13.2 Å². The van der Waals surface area contributed by atoms with Crippen molar-refractivity contribution in [3.05, 3.63) is 17.0 Å². The molecular formula is C6H6N6O4S2. The lowest BCUT2D eigenvalue weighted by molar-refractivity contribution is 0.0687. The number of tetrazole rings is 1. The van der Waals surface area contributed by atoms with Crippen molar-refractivity contribution in [2.45, 2.75) is 10.8 Å². The van der Waals surface area contributed by atoms with E-state index in [-0.39, 0.29) is 16.6 Å². The molecular weight excluding hydrogens is 284 g/mol. The summed E-state index contributed by atoms with van der Waals surface area (Å²) >= 11 is 0.715. The van der Waals surface area contributed by atoms with E-state index in [2.05, 4.69) is 30.3 Å². The molecule has 0 saturated carbocycles. The van der Waals surface area contributed by atoms with Crippen molar-refractivity contribution >= 4 is 27.3 Å². The Kier molecular flexibility index (Phi) is 3.31. The molecule has 0 radical (unpaired) electrons. The number of hydrogen-bond donors (Lipinski definition) is 3. The molecule has 0 aliphatic carbocycles. The summed E-state index contributed by atoms with van der Waals surface area (Å²) in [7, 11) is -3.97. The molecule has 0 amide bonds. The van der Waals surface area contributed by atoms with Crippen LogP contribution in [0.5, 0.6) is 0 Å². The molecule has 18 heavy (non-hydrogen) atoms. The molecule has 96 valence electrons. The average Bonchev–Trinajstić information content (AvgIpc) is 2.98. The molecule has 2 aromatic rings. The number of nitrogens with zero attached hydrogens (tertiary/aromatic N) is 4. The van der Waals surface area contributed by atoms with Gasteiger partial charge in [-0.25, -0.2) is 22.9 Å². The Bertz CT molecular complexity index is 647. The van der Waals surface area contributed by atoms with Crippen LogP contribution in [-0.4, -0.2) is 45.1 Å². The van der Waals surface area contributed by atoms with Crippen LogP contribution in [0.4, 0.5) is 0 Å². The molecule has 0 atom stereocenters. The van der Waals surface area contributed by atoms with E-state index in [1.807, 2.05) is 0 Å². The molecule has 0 aromatic carbocycles. The van der Waals surface area contributed by atoms with Gasteiger partial charge in [-0.3, -0.25) is 0 Å². The molecule has 0 unspecified atom stereocenters. The highest BCUT2D eigenvalue weighted by Crippen LogP contribution is 2.19. The number of carboxylic acid groups (broad SMARTS) is 1. The zero-order valence-electron chi connectivity index (χ0n) is 8.56. The van der Waals surface area contributed by atoms with Gasteiger partial charge in [0, 0.05) is 0 Å². The lowest BCUT2D eigenvalue weighted by Crippen LogP contribution is -2.24. The Balaban J connectivity index is 2.20. The minimum atomic E-state index is -3.97. The number of carboxylic acids is 1. The first-order valence-corrected chi connectivity index (χ1v) is 6.76. The summed E-state index contributed by atoms with van der Waals surface area (Å²) in [6.45, 7) is -0.199. The van der Waals surface area contributed by atoms with Crippen LogP contribution in [0.1, 0.15) is 16.3 Å². The molecule has 2 aromatic heterocycles. The molecule has 2 heterocycles. The van der Waals surface area contributed by atoms with Gasteiger partial charge in [-0.05, 0) is 0 Å². The number of thiazole rings is 1. The summed E-state index contributed by atoms with van der Waals surface area (Å²) in [4.78, 5) is 14.3. The van der Waals surface area contributed by atoms with Crippen molar-refractivity contribution in [1.29, 1.82) is 0 Å². The van der Waals surface area contributed by atoms with E-state index in [0.29, 0.717) is 11.3 Å². The number of aromatic amines is 1. The van der Waals surface area contributed by atoms with Crippen LogP contribution < -0.4 is 4.72 Å². The second-order valence-corrected chi connectivity index (χ2v) is 5.76. The monoisotopic (exact) mass is 290 g/mol. The third-order valence-corrected chi connectivity index (χ3v) is 4.56. The zero-order valence-corrected chi connectivity index (χ0v) is 10.2. The fourth-order valence-corrected chi connectivity index (χ4v) is 3.21. The number of H-pyrrole nitrogens is 1. The minimum absolute atomic E-state index is 0.139. The summed E-state index contributed by atoms with van der Waals surface area (Å²) in [5.74, 6) is -1.27. The first kappa shape index (κ1) is 12.5. The average molecular weight is 290 g/mol.